The van der Waals surface area contributed by atoms with E-state index in [-0.39, 0.29) is 29.7 Å². The average Bonchev–Trinajstić information content (AvgIpc) is 3.99. The van der Waals surface area contributed by atoms with E-state index in [1.807, 2.05) is 85.4 Å². The topological polar surface area (TPSA) is 137 Å². The van der Waals surface area contributed by atoms with Crippen molar-refractivity contribution in [3.63, 3.8) is 0 Å². The molecule has 0 aliphatic heterocycles. The summed E-state index contributed by atoms with van der Waals surface area (Å²) < 4.78 is 43.1. The number of methoxy groups -OCH3 is 1. The number of aliphatic hydroxyl groups is 1. The van der Waals surface area contributed by atoms with Crippen LogP contribution >= 0.6 is 22.7 Å². The standard InChI is InChI=1S/C58H72FN7O6S2Si2/c1-42-38-52(62-63-54(42)61-57-66(41-70-36-37-75(8,9)10)48-28-17-18-29-50(48)73-57)65(34-20-23-44(40-67)72-76(58(2,3)4,45-24-13-11-14-25-45)46-26-15-12-16-27-46)56-60-53(55(68)69-7)51(74-56)30-21-35-71-49-32-31-43(39-47(49)59)22-19-33-64(5)6/h11-18,24-29,31-32,38-39,44,67H,20-21,23,30,33-37,40-41H2,1-10H3/b61-57-. The normalized spacial score (nSPS) is 12.7. The second-order valence-corrected chi connectivity index (χ2v) is 33.2. The van der Waals surface area contributed by atoms with Crippen LogP contribution < -0.4 is 24.8 Å². The smallest absolute Gasteiger partial charge is 0.357 e. The van der Waals surface area contributed by atoms with Gasteiger partial charge in [0.2, 0.25) is 0 Å². The highest BCUT2D eigenvalue weighted by atomic mass is 32.1. The molecular weight excluding hydrogens is 1030 g/mol. The summed E-state index contributed by atoms with van der Waals surface area (Å²) in [7, 11) is 0.888. The molecule has 402 valence electrons. The lowest BCUT2D eigenvalue weighted by Gasteiger charge is -2.45. The molecule has 3 aromatic heterocycles. The number of rotatable bonds is 24. The Hall–Kier alpha value is -5.89. The lowest BCUT2D eigenvalue weighted by molar-refractivity contribution is 0.0593. The highest BCUT2D eigenvalue weighted by Crippen LogP contribution is 2.39. The minimum Gasteiger partial charge on any atom is -0.491 e. The molecule has 0 amide bonds. The number of ether oxygens (including phenoxy) is 3. The third kappa shape index (κ3) is 14.8. The van der Waals surface area contributed by atoms with Crippen molar-refractivity contribution in [2.75, 3.05) is 59.0 Å². The summed E-state index contributed by atoms with van der Waals surface area (Å²) in [4.78, 5) is 28.8. The summed E-state index contributed by atoms with van der Waals surface area (Å²) >= 11 is 2.92. The first-order valence-electron chi connectivity index (χ1n) is 25.8. The van der Waals surface area contributed by atoms with Crippen LogP contribution in [0.1, 0.15) is 66.5 Å². The fourth-order valence-corrected chi connectivity index (χ4v) is 16.4. The summed E-state index contributed by atoms with van der Waals surface area (Å²) in [6, 6.07) is 36.7. The van der Waals surface area contributed by atoms with Gasteiger partial charge in [-0.25, -0.2) is 14.2 Å². The number of hydrogen-bond acceptors (Lipinski definition) is 14. The molecule has 0 aliphatic rings. The summed E-state index contributed by atoms with van der Waals surface area (Å²) in [5.74, 6) is 6.03. The van der Waals surface area contributed by atoms with Crippen molar-refractivity contribution in [2.45, 2.75) is 96.9 Å². The van der Waals surface area contributed by atoms with E-state index in [1.54, 1.807) is 23.5 Å². The predicted octanol–water partition coefficient (Wildman–Crippen LogP) is 10.5. The number of hydrogen-bond donors (Lipinski definition) is 1. The van der Waals surface area contributed by atoms with Crippen molar-refractivity contribution in [3.8, 4) is 17.6 Å². The molecule has 7 aromatic rings. The Labute approximate surface area is 457 Å². The Kier molecular flexibility index (Phi) is 20.1. The maximum absolute atomic E-state index is 15.1. The number of aliphatic hydroxyl groups excluding tert-OH is 1. The molecule has 1 unspecified atom stereocenters. The number of thiazole rings is 2. The summed E-state index contributed by atoms with van der Waals surface area (Å²) in [5.41, 5.74) is 2.56. The van der Waals surface area contributed by atoms with Gasteiger partial charge < -0.3 is 28.6 Å². The van der Waals surface area contributed by atoms with Gasteiger partial charge >= 0.3 is 5.97 Å². The molecule has 13 nitrogen and oxygen atoms in total. The Bertz CT molecular complexity index is 3120. The number of aryl methyl sites for hydroxylation is 2. The van der Waals surface area contributed by atoms with E-state index in [2.05, 4.69) is 93.2 Å². The Balaban J connectivity index is 1.19. The molecule has 1 atom stereocenters. The Morgan fingerprint density at radius 2 is 1.61 bits per heavy atom. The van der Waals surface area contributed by atoms with Crippen LogP contribution in [0.4, 0.5) is 21.2 Å². The zero-order valence-electron chi connectivity index (χ0n) is 45.6. The monoisotopic (exact) mass is 1100 g/mol. The average molecular weight is 1100 g/mol. The molecule has 0 spiro atoms. The number of halogens is 1. The zero-order valence-corrected chi connectivity index (χ0v) is 49.2. The number of carbonyl (C=O) groups excluding carboxylic acids is 1. The molecule has 76 heavy (non-hydrogen) atoms. The van der Waals surface area contributed by atoms with Gasteiger partial charge in [0, 0.05) is 31.7 Å². The molecular formula is C58H72FN7O6S2Si2. The second kappa shape index (κ2) is 26.4. The molecule has 0 aliphatic carbocycles. The highest BCUT2D eigenvalue weighted by Gasteiger charge is 2.51. The van der Waals surface area contributed by atoms with Crippen molar-refractivity contribution >= 4 is 82.4 Å². The maximum Gasteiger partial charge on any atom is 0.357 e. The largest absolute Gasteiger partial charge is 0.491 e. The lowest BCUT2D eigenvalue weighted by Crippen LogP contribution is -2.68. The van der Waals surface area contributed by atoms with Gasteiger partial charge in [0.05, 0.1) is 43.2 Å². The first kappa shape index (κ1) is 57.8. The van der Waals surface area contributed by atoms with Gasteiger partial charge in [-0.1, -0.05) is 136 Å². The highest BCUT2D eigenvalue weighted by molar-refractivity contribution is 7.16. The Morgan fingerprint density at radius 3 is 2.24 bits per heavy atom. The van der Waals surface area contributed by atoms with Gasteiger partial charge in [0.15, 0.2) is 38.8 Å². The second-order valence-electron chi connectivity index (χ2n) is 21.2. The summed E-state index contributed by atoms with van der Waals surface area (Å²) in [6.45, 7) is 17.6. The number of nitrogens with zero attached hydrogens (tertiary/aromatic N) is 7. The van der Waals surface area contributed by atoms with E-state index in [0.717, 1.165) is 37.0 Å². The van der Waals surface area contributed by atoms with Crippen LogP contribution in [-0.2, 0) is 27.1 Å². The molecule has 0 radical (unpaired) electrons. The fraction of sp³-hybridized carbons (Fsp3) is 0.397. The third-order valence-electron chi connectivity index (χ3n) is 12.8. The van der Waals surface area contributed by atoms with Crippen LogP contribution in [0.5, 0.6) is 5.75 Å². The molecule has 1 N–H and O–H groups in total. The molecule has 0 saturated carbocycles. The van der Waals surface area contributed by atoms with Crippen molar-refractivity contribution in [3.05, 3.63) is 142 Å². The first-order valence-corrected chi connectivity index (χ1v) is 33.0. The summed E-state index contributed by atoms with van der Waals surface area (Å²) in [6.07, 6.45) is 1.41. The third-order valence-corrected chi connectivity index (χ3v) is 21.8. The van der Waals surface area contributed by atoms with Gasteiger partial charge in [-0.3, -0.25) is 9.47 Å². The minimum absolute atomic E-state index is 0.125. The van der Waals surface area contributed by atoms with Crippen molar-refractivity contribution in [2.24, 2.45) is 4.99 Å². The molecule has 7 rings (SSSR count). The van der Waals surface area contributed by atoms with E-state index >= 15 is 4.39 Å². The number of para-hydroxylation sites is 1. The van der Waals surface area contributed by atoms with Crippen LogP contribution in [0.3, 0.4) is 0 Å². The van der Waals surface area contributed by atoms with Crippen molar-refractivity contribution < 1.29 is 32.9 Å². The number of fused-ring (bicyclic) bond motifs is 1. The van der Waals surface area contributed by atoms with Gasteiger partial charge in [-0.05, 0) is 110 Å². The molecule has 0 saturated heterocycles. The van der Waals surface area contributed by atoms with Gasteiger partial charge in [-0.2, -0.15) is 4.99 Å². The lowest BCUT2D eigenvalue weighted by atomic mass is 10.2. The molecule has 18 heteroatoms. The van der Waals surface area contributed by atoms with E-state index in [0.29, 0.717) is 79.3 Å². The quantitative estimate of drug-likeness (QED) is 0.0268. The van der Waals surface area contributed by atoms with Crippen LogP contribution in [0.15, 0.2) is 114 Å². The predicted molar refractivity (Wildman–Crippen MR) is 311 cm³/mol. The van der Waals surface area contributed by atoms with Gasteiger partial charge in [0.25, 0.3) is 8.32 Å². The first-order chi connectivity index (χ1) is 36.4. The van der Waals surface area contributed by atoms with Crippen LogP contribution in [0, 0.1) is 24.6 Å². The van der Waals surface area contributed by atoms with E-state index in [1.165, 1.54) is 24.5 Å². The number of carbonyl (C=O) groups is 1. The maximum atomic E-state index is 15.1. The summed E-state index contributed by atoms with van der Waals surface area (Å²) in [5, 5.41) is 23.1. The van der Waals surface area contributed by atoms with Gasteiger partial charge in [0.1, 0.15) is 6.73 Å². The number of anilines is 2. The van der Waals surface area contributed by atoms with Crippen LogP contribution in [0.25, 0.3) is 10.2 Å². The Morgan fingerprint density at radius 1 is 0.908 bits per heavy atom. The SMILES string of the molecule is COC(=O)c1nc(N(CCCC(CO)O[Si](c2ccccc2)(c2ccccc2)C(C)(C)C)c2cc(C)c(/N=c3\sc4ccccc4n3COCC[Si](C)(C)C)nn2)sc1CCCOc1ccc(C#CCN(C)C)cc1F. The number of benzene rings is 4. The molecule has 0 fully saturated rings. The van der Waals surface area contributed by atoms with E-state index < -0.39 is 34.3 Å². The fourth-order valence-electron chi connectivity index (χ4n) is 8.77. The molecule has 3 heterocycles. The number of aromatic nitrogens is 4. The van der Waals surface area contributed by atoms with Gasteiger partial charge in [-0.15, -0.1) is 21.5 Å². The molecule has 0 bridgehead atoms. The van der Waals surface area contributed by atoms with Crippen molar-refractivity contribution in [1.82, 2.24) is 24.6 Å². The minimum atomic E-state index is -3.00. The van der Waals surface area contributed by atoms with Crippen molar-refractivity contribution in [1.29, 1.82) is 0 Å². The molecule has 4 aromatic carbocycles. The number of esters is 1. The van der Waals surface area contributed by atoms with E-state index in [4.69, 9.17) is 38.8 Å². The zero-order chi connectivity index (χ0) is 54.5. The van der Waals surface area contributed by atoms with E-state index in [9.17, 15) is 9.90 Å². The van der Waals surface area contributed by atoms with Crippen LogP contribution in [0.2, 0.25) is 30.7 Å². The van der Waals surface area contributed by atoms with Crippen LogP contribution in [-0.4, -0.2) is 112 Å².